The first-order chi connectivity index (χ1) is 11.2. The van der Waals surface area contributed by atoms with Crippen molar-refractivity contribution in [3.05, 3.63) is 0 Å². The average Bonchev–Trinajstić information content (AvgIpc) is 2.50. The Morgan fingerprint density at radius 1 is 0.739 bits per heavy atom. The Bertz CT molecular complexity index is 251. The number of carbonyl (C=O) groups excluding carboxylic acids is 1. The van der Waals surface area contributed by atoms with Crippen LogP contribution >= 0.6 is 0 Å². The molecule has 0 spiro atoms. The van der Waals surface area contributed by atoms with Crippen LogP contribution in [-0.2, 0) is 9.53 Å². The number of hydrogen-bond donors (Lipinski definition) is 1. The van der Waals surface area contributed by atoms with E-state index >= 15 is 0 Å². The molecule has 0 bridgehead atoms. The lowest BCUT2D eigenvalue weighted by molar-refractivity contribution is -0.164. The lowest BCUT2D eigenvalue weighted by Gasteiger charge is -2.06. The summed E-state index contributed by atoms with van der Waals surface area (Å²) in [4.78, 5) is 11.2. The lowest BCUT2D eigenvalue weighted by atomic mass is 10.0. The van der Waals surface area contributed by atoms with Gasteiger partial charge in [0.05, 0.1) is 0 Å². The third-order valence-corrected chi connectivity index (χ3v) is 4.29. The average molecular weight is 329 g/mol. The second-order valence-electron chi connectivity index (χ2n) is 6.79. The maximum Gasteiger partial charge on any atom is 0.308 e. The SMILES string of the molecule is CCCCCCCCCCCCCCCCCC(=O)OC(C)O. The molecule has 138 valence electrons. The molecule has 0 aliphatic rings. The molecule has 0 aromatic heterocycles. The molecule has 0 amide bonds. The zero-order chi connectivity index (χ0) is 17.2. The van der Waals surface area contributed by atoms with Gasteiger partial charge in [0.1, 0.15) is 0 Å². The summed E-state index contributed by atoms with van der Waals surface area (Å²) in [5.41, 5.74) is 0. The molecular weight excluding hydrogens is 288 g/mol. The highest BCUT2D eigenvalue weighted by Gasteiger charge is 2.05. The van der Waals surface area contributed by atoms with Gasteiger partial charge in [-0.25, -0.2) is 0 Å². The Morgan fingerprint density at radius 3 is 1.43 bits per heavy atom. The fourth-order valence-corrected chi connectivity index (χ4v) is 2.89. The second-order valence-corrected chi connectivity index (χ2v) is 6.79. The van der Waals surface area contributed by atoms with Crippen molar-refractivity contribution in [2.45, 2.75) is 123 Å². The van der Waals surface area contributed by atoms with Crippen molar-refractivity contribution < 1.29 is 14.6 Å². The molecule has 0 aliphatic heterocycles. The summed E-state index contributed by atoms with van der Waals surface area (Å²) < 4.78 is 4.69. The van der Waals surface area contributed by atoms with Crippen LogP contribution in [0, 0.1) is 0 Å². The van der Waals surface area contributed by atoms with Gasteiger partial charge in [0, 0.05) is 6.42 Å². The fourth-order valence-electron chi connectivity index (χ4n) is 2.89. The Kier molecular flexibility index (Phi) is 17.3. The van der Waals surface area contributed by atoms with Crippen LogP contribution in [0.4, 0.5) is 0 Å². The number of carbonyl (C=O) groups is 1. The van der Waals surface area contributed by atoms with E-state index in [4.69, 9.17) is 5.11 Å². The molecule has 3 heteroatoms. The number of aliphatic hydroxyl groups excluding tert-OH is 1. The van der Waals surface area contributed by atoms with Crippen LogP contribution < -0.4 is 0 Å². The number of rotatable bonds is 17. The minimum atomic E-state index is -0.973. The van der Waals surface area contributed by atoms with E-state index in [0.717, 1.165) is 12.8 Å². The molecule has 0 aromatic rings. The van der Waals surface area contributed by atoms with Crippen molar-refractivity contribution in [3.8, 4) is 0 Å². The quantitative estimate of drug-likeness (QED) is 0.198. The van der Waals surface area contributed by atoms with E-state index in [0.29, 0.717) is 6.42 Å². The van der Waals surface area contributed by atoms with Crippen LogP contribution in [0.1, 0.15) is 117 Å². The number of hydrogen-bond acceptors (Lipinski definition) is 3. The summed E-state index contributed by atoms with van der Waals surface area (Å²) in [7, 11) is 0. The molecule has 0 saturated heterocycles. The maximum absolute atomic E-state index is 11.2. The molecule has 0 saturated carbocycles. The predicted molar refractivity (Wildman–Crippen MR) is 97.3 cm³/mol. The van der Waals surface area contributed by atoms with Crippen LogP contribution in [0.3, 0.4) is 0 Å². The van der Waals surface area contributed by atoms with Gasteiger partial charge in [-0.2, -0.15) is 0 Å². The van der Waals surface area contributed by atoms with Crippen molar-refractivity contribution in [1.29, 1.82) is 0 Å². The molecule has 1 atom stereocenters. The van der Waals surface area contributed by atoms with Crippen LogP contribution in [0.25, 0.3) is 0 Å². The number of unbranched alkanes of at least 4 members (excludes halogenated alkanes) is 14. The Morgan fingerprint density at radius 2 is 1.09 bits per heavy atom. The number of esters is 1. The van der Waals surface area contributed by atoms with Gasteiger partial charge in [-0.3, -0.25) is 4.79 Å². The fraction of sp³-hybridized carbons (Fsp3) is 0.950. The standard InChI is InChI=1S/C20H40O3/c1-3-4-5-6-7-8-9-10-11-12-13-14-15-16-17-18-20(22)23-19(2)21/h19,21H,3-18H2,1-2H3. The largest absolute Gasteiger partial charge is 0.436 e. The van der Waals surface area contributed by atoms with Gasteiger partial charge in [-0.15, -0.1) is 0 Å². The van der Waals surface area contributed by atoms with Crippen molar-refractivity contribution in [1.82, 2.24) is 0 Å². The molecule has 1 N–H and O–H groups in total. The van der Waals surface area contributed by atoms with Crippen molar-refractivity contribution in [3.63, 3.8) is 0 Å². The summed E-state index contributed by atoms with van der Waals surface area (Å²) in [6.07, 6.45) is 19.3. The van der Waals surface area contributed by atoms with E-state index in [1.807, 2.05) is 0 Å². The molecular formula is C20H40O3. The van der Waals surface area contributed by atoms with E-state index < -0.39 is 6.29 Å². The van der Waals surface area contributed by atoms with Crippen molar-refractivity contribution in [2.75, 3.05) is 0 Å². The van der Waals surface area contributed by atoms with Crippen molar-refractivity contribution >= 4 is 5.97 Å². The summed E-state index contributed by atoms with van der Waals surface area (Å²) in [5.74, 6) is -0.283. The number of aliphatic hydroxyl groups is 1. The highest BCUT2D eigenvalue weighted by molar-refractivity contribution is 5.69. The zero-order valence-electron chi connectivity index (χ0n) is 15.7. The highest BCUT2D eigenvalue weighted by Crippen LogP contribution is 2.13. The first kappa shape index (κ1) is 22.4. The predicted octanol–water partition coefficient (Wildman–Crippen LogP) is 6.13. The summed E-state index contributed by atoms with van der Waals surface area (Å²) in [6, 6.07) is 0. The second kappa shape index (κ2) is 17.8. The van der Waals surface area contributed by atoms with Gasteiger partial charge in [0.15, 0.2) is 6.29 Å². The minimum Gasteiger partial charge on any atom is -0.436 e. The summed E-state index contributed by atoms with van der Waals surface area (Å²) in [6.45, 7) is 3.73. The van der Waals surface area contributed by atoms with Gasteiger partial charge >= 0.3 is 5.97 Å². The summed E-state index contributed by atoms with van der Waals surface area (Å²) in [5, 5.41) is 8.91. The van der Waals surface area contributed by atoms with Gasteiger partial charge in [-0.1, -0.05) is 96.8 Å². The molecule has 0 aromatic carbocycles. The van der Waals surface area contributed by atoms with Gasteiger partial charge in [-0.05, 0) is 13.3 Å². The van der Waals surface area contributed by atoms with Crippen LogP contribution in [-0.4, -0.2) is 17.4 Å². The van der Waals surface area contributed by atoms with E-state index in [-0.39, 0.29) is 5.97 Å². The lowest BCUT2D eigenvalue weighted by Crippen LogP contribution is -2.13. The van der Waals surface area contributed by atoms with Crippen LogP contribution in [0.5, 0.6) is 0 Å². The monoisotopic (exact) mass is 328 g/mol. The van der Waals surface area contributed by atoms with E-state index in [2.05, 4.69) is 11.7 Å². The zero-order valence-corrected chi connectivity index (χ0v) is 15.7. The minimum absolute atomic E-state index is 0.283. The maximum atomic E-state index is 11.2. The van der Waals surface area contributed by atoms with Gasteiger partial charge in [0.25, 0.3) is 0 Å². The van der Waals surface area contributed by atoms with Gasteiger partial charge in [0.2, 0.25) is 0 Å². The third kappa shape index (κ3) is 19.4. The molecule has 0 aliphatic carbocycles. The third-order valence-electron chi connectivity index (χ3n) is 4.29. The highest BCUT2D eigenvalue weighted by atomic mass is 16.6. The van der Waals surface area contributed by atoms with Crippen LogP contribution in [0.15, 0.2) is 0 Å². The molecule has 0 radical (unpaired) electrons. The van der Waals surface area contributed by atoms with E-state index in [9.17, 15) is 4.79 Å². The Hall–Kier alpha value is -0.570. The van der Waals surface area contributed by atoms with Crippen LogP contribution in [0.2, 0.25) is 0 Å². The normalized spacial score (nSPS) is 12.3. The smallest absolute Gasteiger partial charge is 0.308 e. The number of ether oxygens (including phenoxy) is 1. The molecule has 23 heavy (non-hydrogen) atoms. The molecule has 0 rings (SSSR count). The van der Waals surface area contributed by atoms with Crippen molar-refractivity contribution in [2.24, 2.45) is 0 Å². The Balaban J connectivity index is 3.06. The molecule has 1 unspecified atom stereocenters. The molecule has 3 nitrogen and oxygen atoms in total. The van der Waals surface area contributed by atoms with Gasteiger partial charge < -0.3 is 9.84 Å². The molecule has 0 heterocycles. The topological polar surface area (TPSA) is 46.5 Å². The van der Waals surface area contributed by atoms with E-state index in [1.165, 1.54) is 90.4 Å². The Labute approximate surface area is 144 Å². The first-order valence-corrected chi connectivity index (χ1v) is 10.0. The van der Waals surface area contributed by atoms with E-state index in [1.54, 1.807) is 0 Å². The summed E-state index contributed by atoms with van der Waals surface area (Å²) >= 11 is 0. The first-order valence-electron chi connectivity index (χ1n) is 10.0. The molecule has 0 fully saturated rings.